The molecule has 1 aliphatic heterocycles. The fourth-order valence-corrected chi connectivity index (χ4v) is 1.51. The monoisotopic (exact) mass is 220 g/mol. The number of hydrogen-bond donors (Lipinski definition) is 1. The smallest absolute Gasteiger partial charge is 0.414 e. The maximum atomic E-state index is 11.7. The molecule has 86 valence electrons. The van der Waals surface area contributed by atoms with E-state index in [9.17, 15) is 4.79 Å². The molecule has 1 aliphatic rings. The van der Waals surface area contributed by atoms with Gasteiger partial charge in [0.2, 0.25) is 0 Å². The minimum atomic E-state index is -0.293. The first-order valence-corrected chi connectivity index (χ1v) is 5.43. The molecule has 1 saturated heterocycles. The lowest BCUT2D eigenvalue weighted by atomic mass is 10.1. The van der Waals surface area contributed by atoms with Crippen LogP contribution in [0.15, 0.2) is 30.3 Å². The van der Waals surface area contributed by atoms with Gasteiger partial charge in [0.15, 0.2) is 0 Å². The fraction of sp³-hybridized carbons (Fsp3) is 0.417. The number of amides is 1. The molecule has 0 bridgehead atoms. The van der Waals surface area contributed by atoms with E-state index in [1.165, 1.54) is 4.90 Å². The molecular formula is C12H16N2O2. The van der Waals surface area contributed by atoms with Crippen LogP contribution in [0.1, 0.15) is 0 Å². The van der Waals surface area contributed by atoms with E-state index in [0.717, 1.165) is 18.8 Å². The lowest BCUT2D eigenvalue weighted by molar-refractivity contribution is 0.119. The van der Waals surface area contributed by atoms with E-state index in [2.05, 4.69) is 5.32 Å². The summed E-state index contributed by atoms with van der Waals surface area (Å²) in [7, 11) is 1.72. The zero-order valence-corrected chi connectivity index (χ0v) is 9.35. The summed E-state index contributed by atoms with van der Waals surface area (Å²) in [6, 6.07) is 9.48. The molecule has 4 heteroatoms. The first-order chi connectivity index (χ1) is 7.77. The molecule has 1 N–H and O–H groups in total. The standard InChI is InChI=1S/C12H16N2O2/c1-14(11-5-3-2-4-6-11)12(15)16-9-10-7-13-8-10/h2-6,10,13H,7-9H2,1H3. The predicted molar refractivity (Wildman–Crippen MR) is 62.6 cm³/mol. The second-order valence-electron chi connectivity index (χ2n) is 4.00. The van der Waals surface area contributed by atoms with Crippen LogP contribution in [0.5, 0.6) is 0 Å². The van der Waals surface area contributed by atoms with Gasteiger partial charge in [0.05, 0.1) is 6.61 Å². The Kier molecular flexibility index (Phi) is 3.41. The summed E-state index contributed by atoms with van der Waals surface area (Å²) >= 11 is 0. The zero-order chi connectivity index (χ0) is 11.4. The molecule has 1 heterocycles. The van der Waals surface area contributed by atoms with Crippen molar-refractivity contribution < 1.29 is 9.53 Å². The normalized spacial score (nSPS) is 15.3. The minimum Gasteiger partial charge on any atom is -0.449 e. The van der Waals surface area contributed by atoms with Gasteiger partial charge in [-0.3, -0.25) is 4.90 Å². The summed E-state index contributed by atoms with van der Waals surface area (Å²) < 4.78 is 5.21. The maximum absolute atomic E-state index is 11.7. The maximum Gasteiger partial charge on any atom is 0.414 e. The minimum absolute atomic E-state index is 0.293. The summed E-state index contributed by atoms with van der Waals surface area (Å²) in [5.41, 5.74) is 0.847. The van der Waals surface area contributed by atoms with Gasteiger partial charge in [-0.1, -0.05) is 18.2 Å². The van der Waals surface area contributed by atoms with Crippen LogP contribution in [-0.4, -0.2) is 32.8 Å². The van der Waals surface area contributed by atoms with Crippen LogP contribution >= 0.6 is 0 Å². The topological polar surface area (TPSA) is 41.6 Å². The quantitative estimate of drug-likeness (QED) is 0.839. The van der Waals surface area contributed by atoms with Crippen LogP contribution < -0.4 is 10.2 Å². The van der Waals surface area contributed by atoms with E-state index < -0.39 is 0 Å². The van der Waals surface area contributed by atoms with Gasteiger partial charge >= 0.3 is 6.09 Å². The van der Waals surface area contributed by atoms with Crippen molar-refractivity contribution in [3.63, 3.8) is 0 Å². The summed E-state index contributed by atoms with van der Waals surface area (Å²) in [6.45, 7) is 2.40. The summed E-state index contributed by atoms with van der Waals surface area (Å²) in [5.74, 6) is 0.480. The molecule has 1 aromatic rings. The number of nitrogens with one attached hydrogen (secondary N) is 1. The van der Waals surface area contributed by atoms with Crippen LogP contribution in [-0.2, 0) is 4.74 Å². The Balaban J connectivity index is 1.84. The third kappa shape index (κ3) is 2.52. The van der Waals surface area contributed by atoms with Crippen LogP contribution in [0, 0.1) is 5.92 Å². The highest BCUT2D eigenvalue weighted by Crippen LogP contribution is 2.13. The molecule has 0 atom stereocenters. The first kappa shape index (κ1) is 11.0. The molecule has 1 aromatic carbocycles. The first-order valence-electron chi connectivity index (χ1n) is 5.43. The molecule has 16 heavy (non-hydrogen) atoms. The predicted octanol–water partition coefficient (Wildman–Crippen LogP) is 1.48. The van der Waals surface area contributed by atoms with Crippen molar-refractivity contribution in [1.82, 2.24) is 5.32 Å². The Morgan fingerprint density at radius 2 is 2.12 bits per heavy atom. The number of anilines is 1. The number of carbonyl (C=O) groups is 1. The van der Waals surface area contributed by atoms with Crippen molar-refractivity contribution in [2.24, 2.45) is 5.92 Å². The lowest BCUT2D eigenvalue weighted by Gasteiger charge is -2.27. The van der Waals surface area contributed by atoms with Gasteiger partial charge in [-0.2, -0.15) is 0 Å². The Bertz CT molecular complexity index is 349. The van der Waals surface area contributed by atoms with Crippen LogP contribution in [0.3, 0.4) is 0 Å². The average Bonchev–Trinajstić information content (AvgIpc) is 2.27. The van der Waals surface area contributed by atoms with Crippen LogP contribution in [0.25, 0.3) is 0 Å². The van der Waals surface area contributed by atoms with Gasteiger partial charge in [-0.15, -0.1) is 0 Å². The highest BCUT2D eigenvalue weighted by Gasteiger charge is 2.20. The third-order valence-corrected chi connectivity index (χ3v) is 2.73. The molecule has 0 radical (unpaired) electrons. The lowest BCUT2D eigenvalue weighted by Crippen LogP contribution is -2.45. The second-order valence-corrected chi connectivity index (χ2v) is 4.00. The summed E-state index contributed by atoms with van der Waals surface area (Å²) in [6.07, 6.45) is -0.293. The number of nitrogens with zero attached hydrogens (tertiary/aromatic N) is 1. The SMILES string of the molecule is CN(C(=O)OCC1CNC1)c1ccccc1. The van der Waals surface area contributed by atoms with Crippen molar-refractivity contribution in [2.75, 3.05) is 31.6 Å². The van der Waals surface area contributed by atoms with Gasteiger partial charge in [0.25, 0.3) is 0 Å². The van der Waals surface area contributed by atoms with E-state index in [1.807, 2.05) is 30.3 Å². The molecule has 4 nitrogen and oxygen atoms in total. The highest BCUT2D eigenvalue weighted by atomic mass is 16.6. The summed E-state index contributed by atoms with van der Waals surface area (Å²) in [5, 5.41) is 3.14. The van der Waals surface area contributed by atoms with E-state index in [4.69, 9.17) is 4.74 Å². The molecule has 0 saturated carbocycles. The molecule has 0 aromatic heterocycles. The van der Waals surface area contributed by atoms with Crippen molar-refractivity contribution >= 4 is 11.8 Å². The zero-order valence-electron chi connectivity index (χ0n) is 9.35. The van der Waals surface area contributed by atoms with E-state index >= 15 is 0 Å². The Hall–Kier alpha value is -1.55. The largest absolute Gasteiger partial charge is 0.449 e. The van der Waals surface area contributed by atoms with Crippen molar-refractivity contribution in [2.45, 2.75) is 0 Å². The van der Waals surface area contributed by atoms with Crippen LogP contribution in [0.2, 0.25) is 0 Å². The third-order valence-electron chi connectivity index (χ3n) is 2.73. The average molecular weight is 220 g/mol. The van der Waals surface area contributed by atoms with Crippen molar-refractivity contribution in [3.8, 4) is 0 Å². The number of para-hydroxylation sites is 1. The van der Waals surface area contributed by atoms with E-state index in [1.54, 1.807) is 7.05 Å². The number of carbonyl (C=O) groups excluding carboxylic acids is 1. The number of benzene rings is 1. The number of hydrogen-bond acceptors (Lipinski definition) is 3. The Morgan fingerprint density at radius 1 is 1.44 bits per heavy atom. The van der Waals surface area contributed by atoms with E-state index in [-0.39, 0.29) is 6.09 Å². The molecule has 2 rings (SSSR count). The Labute approximate surface area is 95.2 Å². The second kappa shape index (κ2) is 4.99. The van der Waals surface area contributed by atoms with Crippen molar-refractivity contribution in [1.29, 1.82) is 0 Å². The van der Waals surface area contributed by atoms with Gasteiger partial charge < -0.3 is 10.1 Å². The molecule has 0 unspecified atom stereocenters. The van der Waals surface area contributed by atoms with Crippen molar-refractivity contribution in [3.05, 3.63) is 30.3 Å². The molecule has 0 aliphatic carbocycles. The number of ether oxygens (including phenoxy) is 1. The van der Waals surface area contributed by atoms with E-state index in [0.29, 0.717) is 12.5 Å². The van der Waals surface area contributed by atoms with Gasteiger partial charge in [0, 0.05) is 31.7 Å². The molecular weight excluding hydrogens is 204 g/mol. The Morgan fingerprint density at radius 3 is 2.69 bits per heavy atom. The van der Waals surface area contributed by atoms with Gasteiger partial charge in [-0.05, 0) is 12.1 Å². The van der Waals surface area contributed by atoms with Crippen LogP contribution in [0.4, 0.5) is 10.5 Å². The fourth-order valence-electron chi connectivity index (χ4n) is 1.51. The summed E-state index contributed by atoms with van der Waals surface area (Å²) in [4.78, 5) is 13.2. The highest BCUT2D eigenvalue weighted by molar-refractivity contribution is 5.86. The molecule has 1 fully saturated rings. The molecule has 1 amide bonds. The molecule has 0 spiro atoms. The van der Waals surface area contributed by atoms with Gasteiger partial charge in [0.1, 0.15) is 0 Å². The number of rotatable bonds is 3. The van der Waals surface area contributed by atoms with Gasteiger partial charge in [-0.25, -0.2) is 4.79 Å².